The first-order valence-corrected chi connectivity index (χ1v) is 13.4. The van der Waals surface area contributed by atoms with Crippen molar-refractivity contribution < 1.29 is 9.47 Å². The van der Waals surface area contributed by atoms with Gasteiger partial charge in [-0.15, -0.1) is 5.10 Å². The van der Waals surface area contributed by atoms with E-state index in [1.165, 1.54) is 19.3 Å². The van der Waals surface area contributed by atoms with E-state index >= 15 is 0 Å². The molecule has 3 heterocycles. The molecule has 2 atom stereocenters. The van der Waals surface area contributed by atoms with Crippen molar-refractivity contribution in [2.75, 3.05) is 13.7 Å². The van der Waals surface area contributed by atoms with Crippen LogP contribution in [0.2, 0.25) is 0 Å². The number of tetrazole rings is 1. The largest absolute Gasteiger partial charge is 0.497 e. The molecule has 194 valence electrons. The van der Waals surface area contributed by atoms with Crippen LogP contribution in [0, 0.1) is 5.92 Å². The molecular weight excluding hydrogens is 456 g/mol. The summed E-state index contributed by atoms with van der Waals surface area (Å²) in [4.78, 5) is 18.8. The molecule has 0 unspecified atom stereocenters. The van der Waals surface area contributed by atoms with Crippen LogP contribution in [0.5, 0.6) is 5.75 Å². The van der Waals surface area contributed by atoms with Crippen molar-refractivity contribution in [3.63, 3.8) is 0 Å². The predicted molar refractivity (Wildman–Crippen MR) is 138 cm³/mol. The maximum absolute atomic E-state index is 13.2. The van der Waals surface area contributed by atoms with Crippen molar-refractivity contribution in [3.8, 4) is 5.75 Å². The number of methoxy groups -OCH3 is 1. The van der Waals surface area contributed by atoms with Gasteiger partial charge in [0.2, 0.25) is 0 Å². The smallest absolute Gasteiger partial charge is 0.252 e. The molecule has 5 rings (SSSR count). The van der Waals surface area contributed by atoms with Gasteiger partial charge in [-0.2, -0.15) is 0 Å². The van der Waals surface area contributed by atoms with E-state index < -0.39 is 0 Å². The molecule has 1 N–H and O–H groups in total. The van der Waals surface area contributed by atoms with Gasteiger partial charge in [0.15, 0.2) is 5.82 Å². The second-order valence-electron chi connectivity index (χ2n) is 10.6. The molecule has 0 amide bonds. The lowest BCUT2D eigenvalue weighted by atomic mass is 9.90. The monoisotopic (exact) mass is 494 g/mol. The molecule has 1 aromatic carbocycles. The molecule has 0 spiro atoms. The maximum atomic E-state index is 13.2. The number of H-pyrrole nitrogens is 1. The molecule has 9 nitrogen and oxygen atoms in total. The van der Waals surface area contributed by atoms with Crippen LogP contribution in [0.15, 0.2) is 29.1 Å². The molecule has 2 aliphatic rings. The number of hydrogen-bond donors (Lipinski definition) is 1. The summed E-state index contributed by atoms with van der Waals surface area (Å²) >= 11 is 0. The lowest BCUT2D eigenvalue weighted by molar-refractivity contribution is 0.0553. The summed E-state index contributed by atoms with van der Waals surface area (Å²) in [7, 11) is 1.66. The molecule has 36 heavy (non-hydrogen) atoms. The lowest BCUT2D eigenvalue weighted by Crippen LogP contribution is -2.43. The second-order valence-corrected chi connectivity index (χ2v) is 10.6. The van der Waals surface area contributed by atoms with Crippen LogP contribution in [-0.2, 0) is 17.8 Å². The highest BCUT2D eigenvalue weighted by Gasteiger charge is 2.35. The fraction of sp³-hybridized carbons (Fsp3) is 0.630. The zero-order valence-electron chi connectivity index (χ0n) is 21.7. The first-order valence-electron chi connectivity index (χ1n) is 13.4. The quantitative estimate of drug-likeness (QED) is 0.475. The molecule has 2 fully saturated rings. The Bertz CT molecular complexity index is 1210. The predicted octanol–water partition coefficient (Wildman–Crippen LogP) is 4.23. The number of hydrogen-bond acceptors (Lipinski definition) is 7. The Morgan fingerprint density at radius 1 is 1.17 bits per heavy atom. The van der Waals surface area contributed by atoms with Gasteiger partial charge < -0.3 is 14.5 Å². The van der Waals surface area contributed by atoms with Gasteiger partial charge in [-0.25, -0.2) is 4.68 Å². The number of pyridine rings is 1. The van der Waals surface area contributed by atoms with Gasteiger partial charge in [0.05, 0.1) is 25.8 Å². The highest BCUT2D eigenvalue weighted by Crippen LogP contribution is 2.35. The lowest BCUT2D eigenvalue weighted by Gasteiger charge is -2.41. The molecule has 1 aliphatic heterocycles. The zero-order chi connectivity index (χ0) is 25.1. The molecule has 2 aromatic heterocycles. The van der Waals surface area contributed by atoms with Crippen LogP contribution in [0.25, 0.3) is 10.9 Å². The normalized spacial score (nSPS) is 20.0. The van der Waals surface area contributed by atoms with E-state index in [9.17, 15) is 4.79 Å². The average Bonchev–Trinajstić information content (AvgIpc) is 3.57. The standard InChI is InChI=1S/C27H38N6O3/c1-18(2)25(26-29-30-31-33(26)17-23-10-7-13-36-23)32(21-8-5-4-6-9-21)16-20-14-19-15-22(35-3)11-12-24(19)28-27(20)34/h11-12,14-15,18,21,23,25H,4-10,13,16-17H2,1-3H3,(H,28,34)/t23-,25-/m0/s1. The summed E-state index contributed by atoms with van der Waals surface area (Å²) in [5.41, 5.74) is 1.52. The minimum absolute atomic E-state index is 0.00934. The van der Waals surface area contributed by atoms with Gasteiger partial charge in [-0.3, -0.25) is 9.69 Å². The number of rotatable bonds is 9. The summed E-state index contributed by atoms with van der Waals surface area (Å²) in [6, 6.07) is 8.12. The SMILES string of the molecule is COc1ccc2[nH]c(=O)c(CN(C3CCCCC3)[C@H](c3nnnn3C[C@@H]3CCCO3)C(C)C)cc2c1. The number of ether oxygens (including phenoxy) is 2. The third kappa shape index (κ3) is 5.32. The first-order chi connectivity index (χ1) is 17.5. The Hall–Kier alpha value is -2.78. The fourth-order valence-electron chi connectivity index (χ4n) is 5.90. The highest BCUT2D eigenvalue weighted by molar-refractivity contribution is 5.80. The van der Waals surface area contributed by atoms with Crippen LogP contribution in [0.1, 0.15) is 76.2 Å². The third-order valence-electron chi connectivity index (χ3n) is 7.74. The van der Waals surface area contributed by atoms with Crippen molar-refractivity contribution in [2.24, 2.45) is 5.92 Å². The Balaban J connectivity index is 1.52. The second kappa shape index (κ2) is 11.1. The molecule has 0 bridgehead atoms. The Labute approximate surface area is 212 Å². The third-order valence-corrected chi connectivity index (χ3v) is 7.74. The molecule has 1 aliphatic carbocycles. The number of nitrogens with zero attached hydrogens (tertiary/aromatic N) is 5. The highest BCUT2D eigenvalue weighted by atomic mass is 16.5. The van der Waals surface area contributed by atoms with Gasteiger partial charge in [-0.1, -0.05) is 33.1 Å². The van der Waals surface area contributed by atoms with Gasteiger partial charge >= 0.3 is 0 Å². The van der Waals surface area contributed by atoms with Gasteiger partial charge in [0.25, 0.3) is 5.56 Å². The average molecular weight is 495 g/mol. The number of aromatic amines is 1. The van der Waals surface area contributed by atoms with Crippen molar-refractivity contribution in [3.05, 3.63) is 46.0 Å². The van der Waals surface area contributed by atoms with Gasteiger partial charge in [-0.05, 0) is 66.3 Å². The van der Waals surface area contributed by atoms with Crippen molar-refractivity contribution in [2.45, 2.75) is 90.1 Å². The van der Waals surface area contributed by atoms with E-state index in [0.717, 1.165) is 60.3 Å². The van der Waals surface area contributed by atoms with Crippen molar-refractivity contribution in [1.29, 1.82) is 0 Å². The number of aromatic nitrogens is 5. The van der Waals surface area contributed by atoms with Gasteiger partial charge in [0, 0.05) is 35.7 Å². The molecule has 0 radical (unpaired) electrons. The van der Waals surface area contributed by atoms with Crippen LogP contribution in [0.3, 0.4) is 0 Å². The summed E-state index contributed by atoms with van der Waals surface area (Å²) < 4.78 is 13.2. The van der Waals surface area contributed by atoms with Crippen molar-refractivity contribution in [1.82, 2.24) is 30.1 Å². The topological polar surface area (TPSA) is 98.2 Å². The van der Waals surface area contributed by atoms with E-state index in [4.69, 9.17) is 9.47 Å². The minimum atomic E-state index is -0.0464. The summed E-state index contributed by atoms with van der Waals surface area (Å²) in [6.07, 6.45) is 8.19. The van der Waals surface area contributed by atoms with E-state index in [2.05, 4.69) is 39.3 Å². The van der Waals surface area contributed by atoms with Crippen LogP contribution in [0.4, 0.5) is 0 Å². The van der Waals surface area contributed by atoms with E-state index in [1.54, 1.807) is 7.11 Å². The van der Waals surface area contributed by atoms with Crippen LogP contribution >= 0.6 is 0 Å². The number of fused-ring (bicyclic) bond motifs is 1. The Morgan fingerprint density at radius 3 is 2.72 bits per heavy atom. The molecule has 3 aromatic rings. The summed E-state index contributed by atoms with van der Waals surface area (Å²) in [6.45, 7) is 6.46. The van der Waals surface area contributed by atoms with E-state index in [-0.39, 0.29) is 23.6 Å². The Kier molecular flexibility index (Phi) is 7.67. The molecule has 9 heteroatoms. The van der Waals surface area contributed by atoms with Gasteiger partial charge in [0.1, 0.15) is 5.75 Å². The molecule has 1 saturated heterocycles. The fourth-order valence-corrected chi connectivity index (χ4v) is 5.90. The number of nitrogens with one attached hydrogen (secondary N) is 1. The van der Waals surface area contributed by atoms with Crippen LogP contribution < -0.4 is 10.3 Å². The first kappa shape index (κ1) is 24.9. The number of benzene rings is 1. The summed E-state index contributed by atoms with van der Waals surface area (Å²) in [5.74, 6) is 1.91. The van der Waals surface area contributed by atoms with Crippen molar-refractivity contribution >= 4 is 10.9 Å². The maximum Gasteiger partial charge on any atom is 0.252 e. The zero-order valence-corrected chi connectivity index (χ0v) is 21.7. The van der Waals surface area contributed by atoms with Crippen LogP contribution in [-0.4, -0.2) is 56.0 Å². The minimum Gasteiger partial charge on any atom is -0.497 e. The summed E-state index contributed by atoms with van der Waals surface area (Å²) in [5, 5.41) is 13.9. The van der Waals surface area contributed by atoms with E-state index in [1.807, 2.05) is 28.9 Å². The van der Waals surface area contributed by atoms with E-state index in [0.29, 0.717) is 19.1 Å². The Morgan fingerprint density at radius 2 is 2.00 bits per heavy atom. The molecule has 1 saturated carbocycles. The molecular formula is C27H38N6O3.